The molecule has 116 valence electrons. The highest BCUT2D eigenvalue weighted by Crippen LogP contribution is 2.14. The fourth-order valence-electron chi connectivity index (χ4n) is 1.84. The van der Waals surface area contributed by atoms with E-state index in [4.69, 9.17) is 9.84 Å². The molecule has 1 aromatic carbocycles. The quantitative estimate of drug-likeness (QED) is 0.717. The van der Waals surface area contributed by atoms with Gasteiger partial charge < -0.3 is 19.9 Å². The molecular weight excluding hydrogens is 274 g/mol. The van der Waals surface area contributed by atoms with E-state index in [2.05, 4.69) is 10.1 Å². The third-order valence-corrected chi connectivity index (χ3v) is 3.13. The molecule has 2 unspecified atom stereocenters. The van der Waals surface area contributed by atoms with Gasteiger partial charge in [-0.25, -0.2) is 4.79 Å². The highest BCUT2D eigenvalue weighted by molar-refractivity contribution is 5.85. The number of methoxy groups -OCH3 is 2. The van der Waals surface area contributed by atoms with E-state index in [1.165, 1.54) is 7.11 Å². The lowest BCUT2D eigenvalue weighted by molar-refractivity contribution is -0.146. The SMILES string of the molecule is COC(=O)C(CO)NC(=O)C(C)Cc1ccc(OC)cc1. The predicted octanol–water partition coefficient (Wildman–Crippen LogP) is 0.524. The number of hydrogen-bond acceptors (Lipinski definition) is 5. The smallest absolute Gasteiger partial charge is 0.330 e. The Hall–Kier alpha value is -2.08. The largest absolute Gasteiger partial charge is 0.497 e. The number of nitrogens with one attached hydrogen (secondary N) is 1. The van der Waals surface area contributed by atoms with Gasteiger partial charge in [-0.3, -0.25) is 4.79 Å². The van der Waals surface area contributed by atoms with E-state index >= 15 is 0 Å². The maximum absolute atomic E-state index is 12.0. The van der Waals surface area contributed by atoms with Crippen molar-refractivity contribution in [2.45, 2.75) is 19.4 Å². The van der Waals surface area contributed by atoms with Crippen LogP contribution in [0.3, 0.4) is 0 Å². The monoisotopic (exact) mass is 295 g/mol. The van der Waals surface area contributed by atoms with Crippen LogP contribution in [0.4, 0.5) is 0 Å². The second-order valence-corrected chi connectivity index (χ2v) is 4.72. The summed E-state index contributed by atoms with van der Waals surface area (Å²) in [6.07, 6.45) is 0.523. The number of amides is 1. The zero-order valence-corrected chi connectivity index (χ0v) is 12.5. The highest BCUT2D eigenvalue weighted by atomic mass is 16.5. The van der Waals surface area contributed by atoms with Crippen LogP contribution in [0.5, 0.6) is 5.75 Å². The van der Waals surface area contributed by atoms with Crippen molar-refractivity contribution in [2.75, 3.05) is 20.8 Å². The summed E-state index contributed by atoms with van der Waals surface area (Å²) in [5.41, 5.74) is 0.983. The normalized spacial score (nSPS) is 13.1. The van der Waals surface area contributed by atoms with Gasteiger partial charge in [0.15, 0.2) is 6.04 Å². The molecule has 2 atom stereocenters. The highest BCUT2D eigenvalue weighted by Gasteiger charge is 2.23. The maximum Gasteiger partial charge on any atom is 0.330 e. The standard InChI is InChI=1S/C15H21NO5/c1-10(8-11-4-6-12(20-2)7-5-11)14(18)16-13(9-17)15(19)21-3/h4-7,10,13,17H,8-9H2,1-3H3,(H,16,18). The van der Waals surface area contributed by atoms with Crippen LogP contribution >= 0.6 is 0 Å². The number of hydrogen-bond donors (Lipinski definition) is 2. The van der Waals surface area contributed by atoms with Gasteiger partial charge in [0.05, 0.1) is 20.8 Å². The Bertz CT molecular complexity index is 471. The van der Waals surface area contributed by atoms with E-state index in [-0.39, 0.29) is 11.8 Å². The maximum atomic E-state index is 12.0. The van der Waals surface area contributed by atoms with E-state index < -0.39 is 18.6 Å². The van der Waals surface area contributed by atoms with Crippen molar-refractivity contribution in [2.24, 2.45) is 5.92 Å². The van der Waals surface area contributed by atoms with Crippen molar-refractivity contribution in [3.05, 3.63) is 29.8 Å². The van der Waals surface area contributed by atoms with Gasteiger partial charge in [0.2, 0.25) is 5.91 Å². The molecule has 0 heterocycles. The van der Waals surface area contributed by atoms with Crippen molar-refractivity contribution >= 4 is 11.9 Å². The average Bonchev–Trinajstić information content (AvgIpc) is 2.52. The van der Waals surface area contributed by atoms with E-state index in [1.807, 2.05) is 24.3 Å². The Morgan fingerprint density at radius 3 is 2.33 bits per heavy atom. The van der Waals surface area contributed by atoms with E-state index in [9.17, 15) is 9.59 Å². The second-order valence-electron chi connectivity index (χ2n) is 4.72. The average molecular weight is 295 g/mol. The van der Waals surface area contributed by atoms with Gasteiger partial charge in [-0.05, 0) is 24.1 Å². The first-order valence-corrected chi connectivity index (χ1v) is 6.63. The Labute approximate surface area is 124 Å². The molecule has 6 heteroatoms. The number of aliphatic hydroxyl groups excluding tert-OH is 1. The number of carbonyl (C=O) groups excluding carboxylic acids is 2. The van der Waals surface area contributed by atoms with Crippen molar-refractivity contribution in [1.82, 2.24) is 5.32 Å². The summed E-state index contributed by atoms with van der Waals surface area (Å²) < 4.78 is 9.57. The van der Waals surface area contributed by atoms with Crippen LogP contribution in [0.15, 0.2) is 24.3 Å². The second kappa shape index (κ2) is 8.26. The lowest BCUT2D eigenvalue weighted by Crippen LogP contribution is -2.46. The molecule has 0 fully saturated rings. The minimum Gasteiger partial charge on any atom is -0.497 e. The molecule has 1 amide bonds. The van der Waals surface area contributed by atoms with Crippen LogP contribution in [0.25, 0.3) is 0 Å². The van der Waals surface area contributed by atoms with Crippen LogP contribution in [-0.4, -0.2) is 43.9 Å². The van der Waals surface area contributed by atoms with Crippen molar-refractivity contribution < 1.29 is 24.2 Å². The zero-order chi connectivity index (χ0) is 15.8. The fourth-order valence-corrected chi connectivity index (χ4v) is 1.84. The lowest BCUT2D eigenvalue weighted by Gasteiger charge is -2.17. The van der Waals surface area contributed by atoms with E-state index in [0.717, 1.165) is 11.3 Å². The van der Waals surface area contributed by atoms with E-state index in [1.54, 1.807) is 14.0 Å². The summed E-state index contributed by atoms with van der Waals surface area (Å²) in [7, 11) is 2.80. The number of aliphatic hydroxyl groups is 1. The van der Waals surface area contributed by atoms with E-state index in [0.29, 0.717) is 6.42 Å². The molecule has 0 aliphatic carbocycles. The summed E-state index contributed by atoms with van der Waals surface area (Å²) in [5, 5.41) is 11.5. The lowest BCUT2D eigenvalue weighted by atomic mass is 10.00. The number of carbonyl (C=O) groups is 2. The molecule has 0 aliphatic heterocycles. The molecule has 0 radical (unpaired) electrons. The fraction of sp³-hybridized carbons (Fsp3) is 0.467. The summed E-state index contributed by atoms with van der Waals surface area (Å²) in [5.74, 6) is -0.559. The van der Waals surface area contributed by atoms with Crippen LogP contribution in [0, 0.1) is 5.92 Å². The molecule has 0 saturated carbocycles. The van der Waals surface area contributed by atoms with Crippen LogP contribution in [0.1, 0.15) is 12.5 Å². The molecule has 0 saturated heterocycles. The van der Waals surface area contributed by atoms with Crippen LogP contribution in [0.2, 0.25) is 0 Å². The molecule has 0 bridgehead atoms. The molecule has 21 heavy (non-hydrogen) atoms. The van der Waals surface area contributed by atoms with Gasteiger partial charge in [-0.15, -0.1) is 0 Å². The molecule has 2 N–H and O–H groups in total. The Morgan fingerprint density at radius 1 is 1.24 bits per heavy atom. The Kier molecular flexibility index (Phi) is 6.68. The summed E-state index contributed by atoms with van der Waals surface area (Å²) in [4.78, 5) is 23.3. The first kappa shape index (κ1) is 17.0. The topological polar surface area (TPSA) is 84.9 Å². The van der Waals surface area contributed by atoms with Crippen LogP contribution in [-0.2, 0) is 20.7 Å². The number of ether oxygens (including phenoxy) is 2. The molecule has 0 aliphatic rings. The first-order chi connectivity index (χ1) is 10.0. The first-order valence-electron chi connectivity index (χ1n) is 6.63. The predicted molar refractivity (Wildman–Crippen MR) is 76.9 cm³/mol. The zero-order valence-electron chi connectivity index (χ0n) is 12.5. The van der Waals surface area contributed by atoms with Gasteiger partial charge in [0, 0.05) is 5.92 Å². The summed E-state index contributed by atoms with van der Waals surface area (Å²) >= 11 is 0. The minimum atomic E-state index is -1.03. The molecule has 0 spiro atoms. The molecule has 6 nitrogen and oxygen atoms in total. The Balaban J connectivity index is 2.58. The summed E-state index contributed by atoms with van der Waals surface area (Å²) in [6.45, 7) is 1.26. The minimum absolute atomic E-state index is 0.310. The van der Waals surface area contributed by atoms with Gasteiger partial charge >= 0.3 is 5.97 Å². The number of esters is 1. The Morgan fingerprint density at radius 2 is 1.86 bits per heavy atom. The van der Waals surface area contributed by atoms with Crippen molar-refractivity contribution in [3.63, 3.8) is 0 Å². The van der Waals surface area contributed by atoms with Crippen molar-refractivity contribution in [1.29, 1.82) is 0 Å². The number of benzene rings is 1. The third kappa shape index (κ3) is 5.07. The third-order valence-electron chi connectivity index (χ3n) is 3.13. The van der Waals surface area contributed by atoms with Crippen molar-refractivity contribution in [3.8, 4) is 5.75 Å². The summed E-state index contributed by atoms with van der Waals surface area (Å²) in [6, 6.07) is 6.38. The molecular formula is C15H21NO5. The molecule has 1 aromatic rings. The molecule has 0 aromatic heterocycles. The van der Waals surface area contributed by atoms with Gasteiger partial charge in [-0.2, -0.15) is 0 Å². The molecule has 1 rings (SSSR count). The van der Waals surface area contributed by atoms with Gasteiger partial charge in [-0.1, -0.05) is 19.1 Å². The van der Waals surface area contributed by atoms with Gasteiger partial charge in [0.25, 0.3) is 0 Å². The van der Waals surface area contributed by atoms with Crippen LogP contribution < -0.4 is 10.1 Å². The number of rotatable bonds is 7. The van der Waals surface area contributed by atoms with Gasteiger partial charge in [0.1, 0.15) is 5.75 Å².